The molecular formula is C21H26N6O. The molecule has 1 saturated heterocycles. The second-order valence-corrected chi connectivity index (χ2v) is 9.30. The smallest absolute Gasteiger partial charge is 0.317 e. The zero-order chi connectivity index (χ0) is 19.7. The highest BCUT2D eigenvalue weighted by Crippen LogP contribution is 2.44. The molecule has 3 aromatic heterocycles. The van der Waals surface area contributed by atoms with E-state index in [9.17, 15) is 4.79 Å². The number of hydrogen-bond acceptors (Lipinski definition) is 3. The molecule has 0 aromatic carbocycles. The molecule has 0 saturated carbocycles. The molecule has 5 heterocycles. The van der Waals surface area contributed by atoms with Crippen LogP contribution in [0, 0.1) is 6.92 Å². The van der Waals surface area contributed by atoms with E-state index in [1.54, 1.807) is 0 Å². The molecule has 0 aliphatic carbocycles. The summed E-state index contributed by atoms with van der Waals surface area (Å²) >= 11 is 0. The van der Waals surface area contributed by atoms with Crippen LogP contribution >= 0.6 is 0 Å². The number of nitrogens with one attached hydrogen (secondary N) is 2. The maximum Gasteiger partial charge on any atom is 0.317 e. The molecule has 3 aromatic rings. The van der Waals surface area contributed by atoms with Gasteiger partial charge in [-0.3, -0.25) is 4.68 Å². The maximum absolute atomic E-state index is 12.4. The number of nitrogens with zero attached hydrogens (tertiary/aromatic N) is 4. The van der Waals surface area contributed by atoms with Gasteiger partial charge in [0.15, 0.2) is 0 Å². The van der Waals surface area contributed by atoms with Crippen LogP contribution in [0.4, 0.5) is 4.79 Å². The van der Waals surface area contributed by atoms with Gasteiger partial charge < -0.3 is 15.2 Å². The number of amides is 2. The third kappa shape index (κ3) is 2.60. The second kappa shape index (κ2) is 5.59. The van der Waals surface area contributed by atoms with Crippen LogP contribution in [0.25, 0.3) is 22.3 Å². The number of aryl methyl sites for hydroxylation is 2. The fourth-order valence-electron chi connectivity index (χ4n) is 4.43. The van der Waals surface area contributed by atoms with Gasteiger partial charge in [-0.1, -0.05) is 0 Å². The lowest BCUT2D eigenvalue weighted by molar-refractivity contribution is 0.0880. The van der Waals surface area contributed by atoms with Crippen molar-refractivity contribution in [1.82, 2.24) is 30.0 Å². The van der Waals surface area contributed by atoms with Gasteiger partial charge in [-0.05, 0) is 51.8 Å². The number of carbonyl (C=O) groups is 1. The number of aromatic amines is 1. The molecule has 2 amide bonds. The van der Waals surface area contributed by atoms with Crippen LogP contribution < -0.4 is 5.32 Å². The largest absolute Gasteiger partial charge is 0.346 e. The minimum absolute atomic E-state index is 0.0221. The Bertz CT molecular complexity index is 1080. The zero-order valence-electron chi connectivity index (χ0n) is 16.8. The van der Waals surface area contributed by atoms with Crippen LogP contribution in [-0.2, 0) is 12.0 Å². The molecule has 0 unspecified atom stereocenters. The molecule has 7 nitrogen and oxygen atoms in total. The summed E-state index contributed by atoms with van der Waals surface area (Å²) in [4.78, 5) is 22.1. The number of hydrogen-bond donors (Lipinski definition) is 2. The predicted octanol–water partition coefficient (Wildman–Crippen LogP) is 3.20. The fraction of sp³-hybridized carbons (Fsp3) is 0.476. The Balaban J connectivity index is 1.39. The van der Waals surface area contributed by atoms with Gasteiger partial charge in [-0.15, -0.1) is 0 Å². The van der Waals surface area contributed by atoms with Crippen molar-refractivity contribution in [1.29, 1.82) is 0 Å². The fourth-order valence-corrected chi connectivity index (χ4v) is 4.43. The topological polar surface area (TPSA) is 78.8 Å². The summed E-state index contributed by atoms with van der Waals surface area (Å²) in [5.74, 6) is 0. The van der Waals surface area contributed by atoms with Crippen molar-refractivity contribution in [2.45, 2.75) is 51.6 Å². The van der Waals surface area contributed by atoms with Gasteiger partial charge in [-0.25, -0.2) is 9.78 Å². The van der Waals surface area contributed by atoms with Crippen LogP contribution in [0.15, 0.2) is 24.5 Å². The van der Waals surface area contributed by atoms with Gasteiger partial charge in [0.25, 0.3) is 0 Å². The molecule has 2 aliphatic heterocycles. The minimum atomic E-state index is -0.216. The average molecular weight is 378 g/mol. The lowest BCUT2D eigenvalue weighted by Gasteiger charge is -2.48. The van der Waals surface area contributed by atoms with E-state index >= 15 is 0 Å². The van der Waals surface area contributed by atoms with E-state index in [1.807, 2.05) is 38.1 Å². The molecule has 0 radical (unpaired) electrons. The lowest BCUT2D eigenvalue weighted by atomic mass is 9.76. The third-order valence-corrected chi connectivity index (χ3v) is 5.92. The summed E-state index contributed by atoms with van der Waals surface area (Å²) in [6, 6.07) is 4.37. The second-order valence-electron chi connectivity index (χ2n) is 9.30. The Morgan fingerprint density at radius 1 is 1.29 bits per heavy atom. The molecule has 2 N–H and O–H groups in total. The van der Waals surface area contributed by atoms with Gasteiger partial charge in [0, 0.05) is 59.6 Å². The van der Waals surface area contributed by atoms with Crippen molar-refractivity contribution in [3.63, 3.8) is 0 Å². The predicted molar refractivity (Wildman–Crippen MR) is 108 cm³/mol. The molecule has 0 bridgehead atoms. The summed E-state index contributed by atoms with van der Waals surface area (Å²) in [5, 5.41) is 9.02. The Morgan fingerprint density at radius 3 is 2.82 bits per heavy atom. The summed E-state index contributed by atoms with van der Waals surface area (Å²) in [6.07, 6.45) is 4.91. The molecular weight excluding hydrogens is 352 g/mol. The first-order chi connectivity index (χ1) is 13.2. The monoisotopic (exact) mass is 378 g/mol. The van der Waals surface area contributed by atoms with Crippen molar-refractivity contribution in [3.05, 3.63) is 35.8 Å². The minimum Gasteiger partial charge on any atom is -0.346 e. The Labute approximate surface area is 164 Å². The number of rotatable bonds is 1. The number of pyridine rings is 1. The molecule has 146 valence electrons. The molecule has 1 fully saturated rings. The Hall–Kier alpha value is -2.83. The first-order valence-electron chi connectivity index (χ1n) is 9.84. The number of likely N-dealkylation sites (tertiary alicyclic amines) is 1. The van der Waals surface area contributed by atoms with E-state index in [0.717, 1.165) is 48.3 Å². The Morgan fingerprint density at radius 2 is 2.07 bits per heavy atom. The number of aromatic nitrogens is 4. The number of fused-ring (bicyclic) bond motifs is 3. The quantitative estimate of drug-likeness (QED) is 0.682. The highest BCUT2D eigenvalue weighted by atomic mass is 16.2. The van der Waals surface area contributed by atoms with Gasteiger partial charge in [0.05, 0.1) is 5.69 Å². The first kappa shape index (κ1) is 17.3. The van der Waals surface area contributed by atoms with Crippen LogP contribution in [0.1, 0.15) is 38.4 Å². The highest BCUT2D eigenvalue weighted by Gasteiger charge is 2.51. The Kier molecular flexibility index (Phi) is 3.45. The van der Waals surface area contributed by atoms with E-state index in [-0.39, 0.29) is 17.0 Å². The van der Waals surface area contributed by atoms with Crippen LogP contribution in [0.2, 0.25) is 0 Å². The van der Waals surface area contributed by atoms with Crippen molar-refractivity contribution < 1.29 is 4.79 Å². The van der Waals surface area contributed by atoms with E-state index in [4.69, 9.17) is 5.10 Å². The summed E-state index contributed by atoms with van der Waals surface area (Å²) in [7, 11) is 0. The summed E-state index contributed by atoms with van der Waals surface area (Å²) < 4.78 is 2.11. The van der Waals surface area contributed by atoms with Crippen molar-refractivity contribution in [3.8, 4) is 11.3 Å². The van der Waals surface area contributed by atoms with E-state index in [0.29, 0.717) is 0 Å². The van der Waals surface area contributed by atoms with Crippen molar-refractivity contribution in [2.75, 3.05) is 13.1 Å². The van der Waals surface area contributed by atoms with Crippen LogP contribution in [0.5, 0.6) is 0 Å². The molecule has 0 atom stereocenters. The highest BCUT2D eigenvalue weighted by molar-refractivity contribution is 5.84. The standard InChI is InChI=1S/C21H26N6O/c1-13-9-22-18-15(13)7-14(10-23-18)16-8-17-21(5-6-27(17)25-16)11-26(12-21)19(28)24-20(2,3)4/h7-10H,5-6,11-12H2,1-4H3,(H,22,23)(H,24,28). The summed E-state index contributed by atoms with van der Waals surface area (Å²) in [5.41, 5.74) is 5.16. The zero-order valence-corrected chi connectivity index (χ0v) is 16.8. The first-order valence-corrected chi connectivity index (χ1v) is 9.84. The number of H-pyrrole nitrogens is 1. The van der Waals surface area contributed by atoms with Gasteiger partial charge in [0.2, 0.25) is 0 Å². The third-order valence-electron chi connectivity index (χ3n) is 5.92. The lowest BCUT2D eigenvalue weighted by Crippen LogP contribution is -2.64. The SMILES string of the molecule is Cc1c[nH]c2ncc(-c3cc4n(n3)CCC43CN(C(=O)NC(C)(C)C)C3)cc12. The van der Waals surface area contributed by atoms with Crippen LogP contribution in [-0.4, -0.2) is 49.3 Å². The molecule has 5 rings (SSSR count). The maximum atomic E-state index is 12.4. The average Bonchev–Trinajstić information content (AvgIpc) is 3.25. The van der Waals surface area contributed by atoms with Crippen molar-refractivity contribution >= 4 is 17.1 Å². The normalized spacial score (nSPS) is 17.8. The van der Waals surface area contributed by atoms with Crippen molar-refractivity contribution in [2.24, 2.45) is 0 Å². The molecule has 1 spiro atoms. The molecule has 7 heteroatoms. The molecule has 28 heavy (non-hydrogen) atoms. The van der Waals surface area contributed by atoms with Crippen LogP contribution in [0.3, 0.4) is 0 Å². The number of carbonyl (C=O) groups excluding carboxylic acids is 1. The van der Waals surface area contributed by atoms with Gasteiger partial charge in [0.1, 0.15) is 5.65 Å². The van der Waals surface area contributed by atoms with Gasteiger partial charge in [-0.2, -0.15) is 5.10 Å². The number of urea groups is 1. The van der Waals surface area contributed by atoms with E-state index < -0.39 is 0 Å². The molecule has 2 aliphatic rings. The van der Waals surface area contributed by atoms with Gasteiger partial charge >= 0.3 is 6.03 Å². The van der Waals surface area contributed by atoms with E-state index in [2.05, 4.69) is 39.0 Å². The summed E-state index contributed by atoms with van der Waals surface area (Å²) in [6.45, 7) is 10.5. The van der Waals surface area contributed by atoms with E-state index in [1.165, 1.54) is 11.3 Å².